The van der Waals surface area contributed by atoms with Gasteiger partial charge in [-0.15, -0.1) is 0 Å². The van der Waals surface area contributed by atoms with Gasteiger partial charge in [0, 0.05) is 17.2 Å². The van der Waals surface area contributed by atoms with Gasteiger partial charge in [-0.2, -0.15) is 4.99 Å². The molecule has 1 amide bonds. The summed E-state index contributed by atoms with van der Waals surface area (Å²) in [4.78, 5) is 29.1. The van der Waals surface area contributed by atoms with Crippen molar-refractivity contribution in [2.24, 2.45) is 4.99 Å². The van der Waals surface area contributed by atoms with E-state index in [0.29, 0.717) is 26.8 Å². The summed E-state index contributed by atoms with van der Waals surface area (Å²) in [5, 5.41) is 0.604. The van der Waals surface area contributed by atoms with Crippen LogP contribution in [0.3, 0.4) is 0 Å². The fourth-order valence-electron chi connectivity index (χ4n) is 2.70. The lowest BCUT2D eigenvalue weighted by Crippen LogP contribution is -2.22. The van der Waals surface area contributed by atoms with E-state index in [2.05, 4.69) is 4.99 Å². The zero-order valence-corrected chi connectivity index (χ0v) is 16.7. The number of hydrogen-bond acceptors (Lipinski definition) is 6. The smallest absolute Gasteiger partial charge is 0.325 e. The van der Waals surface area contributed by atoms with E-state index in [9.17, 15) is 9.59 Å². The number of fused-ring (bicyclic) bond motifs is 2. The van der Waals surface area contributed by atoms with Crippen LogP contribution in [-0.4, -0.2) is 30.3 Å². The standard InChI is InChI=1S/C18H12Cl2N2O5S/c1-25-16(23)7-22-12-5-13-14(27-8-26-13)6-15(12)28-18(22)21-17(24)10-4-9(19)2-3-11(10)20/h2-6H,7-8H2,1H3. The number of benzene rings is 2. The van der Waals surface area contributed by atoms with E-state index in [4.69, 9.17) is 37.4 Å². The molecule has 0 atom stereocenters. The summed E-state index contributed by atoms with van der Waals surface area (Å²) >= 11 is 13.3. The summed E-state index contributed by atoms with van der Waals surface area (Å²) in [7, 11) is 1.29. The Morgan fingerprint density at radius 3 is 2.71 bits per heavy atom. The van der Waals surface area contributed by atoms with E-state index in [1.54, 1.807) is 22.8 Å². The number of amides is 1. The summed E-state index contributed by atoms with van der Waals surface area (Å²) in [5.41, 5.74) is 0.841. The van der Waals surface area contributed by atoms with Gasteiger partial charge >= 0.3 is 5.97 Å². The van der Waals surface area contributed by atoms with Crippen LogP contribution in [0.25, 0.3) is 10.2 Å². The van der Waals surface area contributed by atoms with E-state index in [1.165, 1.54) is 30.6 Å². The molecule has 0 saturated heterocycles. The maximum Gasteiger partial charge on any atom is 0.325 e. The number of nitrogens with zero attached hydrogens (tertiary/aromatic N) is 2. The zero-order chi connectivity index (χ0) is 19.8. The van der Waals surface area contributed by atoms with Crippen LogP contribution in [0.15, 0.2) is 35.3 Å². The lowest BCUT2D eigenvalue weighted by atomic mass is 10.2. The average Bonchev–Trinajstić information content (AvgIpc) is 3.26. The molecular weight excluding hydrogens is 427 g/mol. The molecule has 0 aliphatic carbocycles. The average molecular weight is 439 g/mol. The summed E-state index contributed by atoms with van der Waals surface area (Å²) in [6.07, 6.45) is 0. The third-order valence-electron chi connectivity index (χ3n) is 4.05. The molecule has 2 aromatic carbocycles. The van der Waals surface area contributed by atoms with Crippen molar-refractivity contribution in [3.63, 3.8) is 0 Å². The van der Waals surface area contributed by atoms with Crippen LogP contribution < -0.4 is 14.3 Å². The molecule has 2 heterocycles. The van der Waals surface area contributed by atoms with E-state index in [1.807, 2.05) is 0 Å². The normalized spacial score (nSPS) is 13.2. The minimum atomic E-state index is -0.572. The number of carbonyl (C=O) groups excluding carboxylic acids is 2. The highest BCUT2D eigenvalue weighted by molar-refractivity contribution is 7.16. The first-order valence-electron chi connectivity index (χ1n) is 8.00. The Labute approximate surface area is 172 Å². The van der Waals surface area contributed by atoms with Crippen LogP contribution in [-0.2, 0) is 16.1 Å². The SMILES string of the molecule is COC(=O)Cn1c(=NC(=O)c2cc(Cl)ccc2Cl)sc2cc3c(cc21)OCO3. The lowest BCUT2D eigenvalue weighted by Gasteiger charge is -2.05. The molecule has 0 bridgehead atoms. The maximum absolute atomic E-state index is 12.7. The molecule has 4 rings (SSSR count). The Bertz CT molecular complexity index is 1180. The molecule has 144 valence electrons. The molecular formula is C18H12Cl2N2O5S. The summed E-state index contributed by atoms with van der Waals surface area (Å²) in [6.45, 7) is 0.0120. The molecule has 1 aromatic heterocycles. The number of ether oxygens (including phenoxy) is 3. The molecule has 0 radical (unpaired) electrons. The van der Waals surface area contributed by atoms with Crippen molar-refractivity contribution in [2.45, 2.75) is 6.54 Å². The highest BCUT2D eigenvalue weighted by Gasteiger charge is 2.20. The molecule has 3 aromatic rings. The minimum Gasteiger partial charge on any atom is -0.468 e. The van der Waals surface area contributed by atoms with Gasteiger partial charge in [-0.05, 0) is 18.2 Å². The third kappa shape index (κ3) is 3.46. The molecule has 1 aliphatic rings. The number of rotatable bonds is 3. The van der Waals surface area contributed by atoms with Crippen LogP contribution in [0.4, 0.5) is 0 Å². The van der Waals surface area contributed by atoms with Gasteiger partial charge in [0.1, 0.15) is 6.54 Å². The van der Waals surface area contributed by atoms with E-state index >= 15 is 0 Å². The Balaban J connectivity index is 1.88. The van der Waals surface area contributed by atoms with Gasteiger partial charge in [-0.25, -0.2) is 0 Å². The van der Waals surface area contributed by atoms with Gasteiger partial charge in [0.25, 0.3) is 5.91 Å². The monoisotopic (exact) mass is 438 g/mol. The van der Waals surface area contributed by atoms with Crippen molar-refractivity contribution >= 4 is 56.6 Å². The first-order valence-corrected chi connectivity index (χ1v) is 9.57. The second-order valence-electron chi connectivity index (χ2n) is 5.76. The molecule has 0 fully saturated rings. The molecule has 10 heteroatoms. The molecule has 0 saturated carbocycles. The van der Waals surface area contributed by atoms with Crippen molar-refractivity contribution in [2.75, 3.05) is 13.9 Å². The number of thiazole rings is 1. The number of hydrogen-bond donors (Lipinski definition) is 0. The summed E-state index contributed by atoms with van der Waals surface area (Å²) in [5.74, 6) is 0.0965. The number of halogens is 2. The zero-order valence-electron chi connectivity index (χ0n) is 14.4. The fourth-order valence-corrected chi connectivity index (χ4v) is 4.11. The van der Waals surface area contributed by atoms with Crippen molar-refractivity contribution in [3.8, 4) is 11.5 Å². The topological polar surface area (TPSA) is 79.1 Å². The maximum atomic E-state index is 12.7. The van der Waals surface area contributed by atoms with Gasteiger partial charge in [0.05, 0.1) is 27.9 Å². The number of methoxy groups -OCH3 is 1. The van der Waals surface area contributed by atoms with Gasteiger partial charge in [0.15, 0.2) is 16.3 Å². The number of carbonyl (C=O) groups is 2. The van der Waals surface area contributed by atoms with Crippen molar-refractivity contribution in [1.82, 2.24) is 4.57 Å². The Morgan fingerprint density at radius 1 is 1.21 bits per heavy atom. The minimum absolute atomic E-state index is 0.120. The van der Waals surface area contributed by atoms with E-state index in [0.717, 1.165) is 4.70 Å². The van der Waals surface area contributed by atoms with Gasteiger partial charge in [-0.1, -0.05) is 34.5 Å². The second kappa shape index (κ2) is 7.46. The molecule has 0 spiro atoms. The lowest BCUT2D eigenvalue weighted by molar-refractivity contribution is -0.141. The van der Waals surface area contributed by atoms with E-state index in [-0.39, 0.29) is 23.9 Å². The Hall–Kier alpha value is -2.55. The fraction of sp³-hybridized carbons (Fsp3) is 0.167. The van der Waals surface area contributed by atoms with Gasteiger partial charge in [-0.3, -0.25) is 9.59 Å². The predicted molar refractivity (Wildman–Crippen MR) is 104 cm³/mol. The predicted octanol–water partition coefficient (Wildman–Crippen LogP) is 3.65. The van der Waals surface area contributed by atoms with Crippen LogP contribution in [0.2, 0.25) is 10.0 Å². The van der Waals surface area contributed by atoms with Gasteiger partial charge in [0.2, 0.25) is 6.79 Å². The number of esters is 1. The summed E-state index contributed by atoms with van der Waals surface area (Å²) in [6, 6.07) is 8.08. The highest BCUT2D eigenvalue weighted by Crippen LogP contribution is 2.37. The highest BCUT2D eigenvalue weighted by atomic mass is 35.5. The third-order valence-corrected chi connectivity index (χ3v) is 5.65. The first-order chi connectivity index (χ1) is 13.5. The quantitative estimate of drug-likeness (QED) is 0.583. The van der Waals surface area contributed by atoms with Crippen molar-refractivity contribution in [3.05, 3.63) is 50.7 Å². The molecule has 1 aliphatic heterocycles. The first kappa shape index (κ1) is 18.8. The van der Waals surface area contributed by atoms with Crippen molar-refractivity contribution in [1.29, 1.82) is 0 Å². The van der Waals surface area contributed by atoms with Crippen LogP contribution in [0, 0.1) is 0 Å². The Kier molecular flexibility index (Phi) is 5.01. The van der Waals surface area contributed by atoms with Gasteiger partial charge < -0.3 is 18.8 Å². The molecule has 28 heavy (non-hydrogen) atoms. The number of aromatic nitrogens is 1. The van der Waals surface area contributed by atoms with Crippen molar-refractivity contribution < 1.29 is 23.8 Å². The second-order valence-corrected chi connectivity index (χ2v) is 7.61. The summed E-state index contributed by atoms with van der Waals surface area (Å²) < 4.78 is 17.9. The molecule has 0 unspecified atom stereocenters. The molecule has 0 N–H and O–H groups in total. The van der Waals surface area contributed by atoms with Crippen LogP contribution in [0.1, 0.15) is 10.4 Å². The van der Waals surface area contributed by atoms with E-state index < -0.39 is 11.9 Å². The van der Waals surface area contributed by atoms with Crippen LogP contribution in [0.5, 0.6) is 11.5 Å². The van der Waals surface area contributed by atoms with Crippen LogP contribution >= 0.6 is 34.5 Å². The Morgan fingerprint density at radius 2 is 1.96 bits per heavy atom. The molecule has 7 nitrogen and oxygen atoms in total. The largest absolute Gasteiger partial charge is 0.468 e.